The Morgan fingerprint density at radius 2 is 1.88 bits per heavy atom. The number of aliphatic carboxylic acids is 1. The largest absolute Gasteiger partial charge is 0.496 e. The van der Waals surface area contributed by atoms with Crippen molar-refractivity contribution in [1.82, 2.24) is 0 Å². The third-order valence-corrected chi connectivity index (χ3v) is 2.50. The highest BCUT2D eigenvalue weighted by molar-refractivity contribution is 5.72. The van der Waals surface area contributed by atoms with Crippen LogP contribution in [0.4, 0.5) is 0 Å². The summed E-state index contributed by atoms with van der Waals surface area (Å²) >= 11 is 0. The van der Waals surface area contributed by atoms with E-state index in [2.05, 4.69) is 0 Å². The first kappa shape index (κ1) is 13.3. The monoisotopic (exact) mass is 240 g/mol. The minimum Gasteiger partial charge on any atom is -0.496 e. The second kappa shape index (κ2) is 5.54. The zero-order valence-electron chi connectivity index (χ0n) is 10.1. The van der Waals surface area contributed by atoms with Crippen LogP contribution in [0.2, 0.25) is 0 Å². The van der Waals surface area contributed by atoms with Gasteiger partial charge in [0.1, 0.15) is 11.5 Å². The molecule has 0 radical (unpaired) electrons. The molecule has 1 aromatic rings. The summed E-state index contributed by atoms with van der Waals surface area (Å²) in [6, 6.07) is 3.43. The number of benzene rings is 1. The van der Waals surface area contributed by atoms with Gasteiger partial charge in [0, 0.05) is 12.0 Å². The zero-order valence-corrected chi connectivity index (χ0v) is 10.1. The molecule has 0 aliphatic rings. The number of ether oxygens (including phenoxy) is 2. The van der Waals surface area contributed by atoms with Crippen LogP contribution >= 0.6 is 0 Å². The molecule has 0 amide bonds. The summed E-state index contributed by atoms with van der Waals surface area (Å²) in [6.45, 7) is 1.86. The first-order chi connectivity index (χ1) is 7.99. The molecule has 94 valence electrons. The predicted octanol–water partition coefficient (Wildman–Crippen LogP) is 1.00. The molecule has 1 aromatic carbocycles. The molecule has 0 saturated heterocycles. The van der Waals surface area contributed by atoms with Crippen molar-refractivity contribution in [3.05, 3.63) is 23.3 Å². The Balaban J connectivity index is 3.08. The molecule has 0 fully saturated rings. The number of carbonyl (C=O) groups is 1. The number of hydrogen-bond donors (Lipinski definition) is 2. The molecule has 0 bridgehead atoms. The number of hydrogen-bond acceptors (Lipinski definition) is 4. The summed E-state index contributed by atoms with van der Waals surface area (Å²) in [7, 11) is 3.03. The number of methoxy groups -OCH3 is 2. The molecule has 1 unspecified atom stereocenters. The molecule has 0 heterocycles. The summed E-state index contributed by atoms with van der Waals surface area (Å²) in [5.74, 6) is -0.0754. The van der Waals surface area contributed by atoms with Crippen LogP contribution in [0.15, 0.2) is 12.1 Å². The van der Waals surface area contributed by atoms with Crippen molar-refractivity contribution in [1.29, 1.82) is 0 Å². The lowest BCUT2D eigenvalue weighted by atomic mass is 10.0. The van der Waals surface area contributed by atoms with Gasteiger partial charge in [-0.25, -0.2) is 4.79 Å². The van der Waals surface area contributed by atoms with Crippen LogP contribution in [0.25, 0.3) is 0 Å². The van der Waals surface area contributed by atoms with Crippen molar-refractivity contribution in [3.63, 3.8) is 0 Å². The molecule has 17 heavy (non-hydrogen) atoms. The topological polar surface area (TPSA) is 76.0 Å². The van der Waals surface area contributed by atoms with Crippen molar-refractivity contribution in [3.8, 4) is 11.5 Å². The van der Waals surface area contributed by atoms with Gasteiger partial charge in [-0.15, -0.1) is 0 Å². The van der Waals surface area contributed by atoms with Crippen LogP contribution in [0.1, 0.15) is 11.1 Å². The summed E-state index contributed by atoms with van der Waals surface area (Å²) in [5, 5.41) is 18.0. The van der Waals surface area contributed by atoms with E-state index < -0.39 is 12.1 Å². The predicted molar refractivity (Wildman–Crippen MR) is 61.6 cm³/mol. The lowest BCUT2D eigenvalue weighted by Gasteiger charge is -2.14. The van der Waals surface area contributed by atoms with E-state index in [1.165, 1.54) is 14.2 Å². The standard InChI is InChI=1S/C12H16O5/c1-7-4-11(17-3)8(6-10(7)16-2)5-9(13)12(14)15/h4,6,9,13H,5H2,1-3H3,(H,14,15). The maximum atomic E-state index is 10.6. The molecule has 1 rings (SSSR count). The fourth-order valence-corrected chi connectivity index (χ4v) is 1.57. The summed E-state index contributed by atoms with van der Waals surface area (Å²) in [4.78, 5) is 10.6. The lowest BCUT2D eigenvalue weighted by molar-refractivity contribution is -0.146. The van der Waals surface area contributed by atoms with E-state index in [4.69, 9.17) is 14.6 Å². The Labute approximate surface area is 99.6 Å². The van der Waals surface area contributed by atoms with Gasteiger partial charge in [-0.1, -0.05) is 0 Å². The number of aliphatic hydroxyl groups excluding tert-OH is 1. The van der Waals surface area contributed by atoms with E-state index in [9.17, 15) is 9.90 Å². The van der Waals surface area contributed by atoms with E-state index in [1.54, 1.807) is 12.1 Å². The van der Waals surface area contributed by atoms with Crippen LogP contribution in [0, 0.1) is 6.92 Å². The molecular formula is C12H16O5. The minimum absolute atomic E-state index is 0.0187. The fourth-order valence-electron chi connectivity index (χ4n) is 1.57. The Bertz CT molecular complexity index is 414. The first-order valence-electron chi connectivity index (χ1n) is 5.12. The zero-order chi connectivity index (χ0) is 13.0. The Morgan fingerprint density at radius 1 is 1.29 bits per heavy atom. The van der Waals surface area contributed by atoms with Crippen molar-refractivity contribution in [2.75, 3.05) is 14.2 Å². The van der Waals surface area contributed by atoms with Gasteiger partial charge in [-0.2, -0.15) is 0 Å². The molecule has 0 aromatic heterocycles. The van der Waals surface area contributed by atoms with Crippen molar-refractivity contribution in [2.45, 2.75) is 19.4 Å². The van der Waals surface area contributed by atoms with Gasteiger partial charge in [-0.05, 0) is 24.6 Å². The average Bonchev–Trinajstić information content (AvgIpc) is 2.30. The molecule has 0 saturated carbocycles. The van der Waals surface area contributed by atoms with Gasteiger partial charge in [0.2, 0.25) is 0 Å². The molecule has 0 spiro atoms. The van der Waals surface area contributed by atoms with Crippen LogP contribution in [0.5, 0.6) is 11.5 Å². The van der Waals surface area contributed by atoms with Crippen LogP contribution in [-0.2, 0) is 11.2 Å². The van der Waals surface area contributed by atoms with Gasteiger partial charge in [0.05, 0.1) is 14.2 Å². The molecule has 1 atom stereocenters. The van der Waals surface area contributed by atoms with Gasteiger partial charge >= 0.3 is 5.97 Å². The molecule has 5 heteroatoms. The summed E-state index contributed by atoms with van der Waals surface area (Å²) in [6.07, 6.45) is -1.47. The Hall–Kier alpha value is -1.75. The second-order valence-corrected chi connectivity index (χ2v) is 3.69. The minimum atomic E-state index is -1.45. The molecule has 5 nitrogen and oxygen atoms in total. The highest BCUT2D eigenvalue weighted by atomic mass is 16.5. The summed E-state index contributed by atoms with van der Waals surface area (Å²) in [5.41, 5.74) is 1.49. The second-order valence-electron chi connectivity index (χ2n) is 3.69. The quantitative estimate of drug-likeness (QED) is 0.803. The number of aryl methyl sites for hydroxylation is 1. The Morgan fingerprint density at radius 3 is 2.35 bits per heavy atom. The third-order valence-electron chi connectivity index (χ3n) is 2.50. The molecular weight excluding hydrogens is 224 g/mol. The van der Waals surface area contributed by atoms with Crippen molar-refractivity contribution in [2.24, 2.45) is 0 Å². The van der Waals surface area contributed by atoms with Crippen LogP contribution < -0.4 is 9.47 Å². The van der Waals surface area contributed by atoms with Crippen molar-refractivity contribution < 1.29 is 24.5 Å². The lowest BCUT2D eigenvalue weighted by Crippen LogP contribution is -2.22. The van der Waals surface area contributed by atoms with Gasteiger partial charge in [0.25, 0.3) is 0 Å². The van der Waals surface area contributed by atoms with Crippen LogP contribution in [0.3, 0.4) is 0 Å². The summed E-state index contributed by atoms with van der Waals surface area (Å²) < 4.78 is 10.3. The maximum Gasteiger partial charge on any atom is 0.332 e. The van der Waals surface area contributed by atoms with Crippen molar-refractivity contribution >= 4 is 5.97 Å². The SMILES string of the molecule is COc1cc(CC(O)C(=O)O)c(OC)cc1C. The third kappa shape index (κ3) is 3.10. The molecule has 0 aliphatic carbocycles. The number of carboxylic acids is 1. The number of aliphatic hydroxyl groups is 1. The number of rotatable bonds is 5. The fraction of sp³-hybridized carbons (Fsp3) is 0.417. The first-order valence-corrected chi connectivity index (χ1v) is 5.12. The average molecular weight is 240 g/mol. The molecule has 0 aliphatic heterocycles. The highest BCUT2D eigenvalue weighted by Gasteiger charge is 2.17. The van der Waals surface area contributed by atoms with E-state index in [0.717, 1.165) is 5.56 Å². The Kier molecular flexibility index (Phi) is 4.34. The van der Waals surface area contributed by atoms with Gasteiger partial charge in [0.15, 0.2) is 6.10 Å². The van der Waals surface area contributed by atoms with Crippen LogP contribution in [-0.4, -0.2) is 36.5 Å². The molecule has 2 N–H and O–H groups in total. The van der Waals surface area contributed by atoms with Gasteiger partial charge < -0.3 is 19.7 Å². The number of carboxylic acid groups (broad SMARTS) is 1. The van der Waals surface area contributed by atoms with E-state index >= 15 is 0 Å². The van der Waals surface area contributed by atoms with E-state index in [1.807, 2.05) is 6.92 Å². The van der Waals surface area contributed by atoms with E-state index in [-0.39, 0.29) is 6.42 Å². The smallest absolute Gasteiger partial charge is 0.332 e. The van der Waals surface area contributed by atoms with E-state index in [0.29, 0.717) is 17.1 Å². The maximum absolute atomic E-state index is 10.6. The van der Waals surface area contributed by atoms with Gasteiger partial charge in [-0.3, -0.25) is 0 Å². The normalized spacial score (nSPS) is 12.0. The highest BCUT2D eigenvalue weighted by Crippen LogP contribution is 2.29.